The number of thiocarbonyl (C=S) groups is 1. The lowest BCUT2D eigenvalue weighted by molar-refractivity contribution is -0.118. The Labute approximate surface area is 160 Å². The number of hydrogen-bond donors (Lipinski definition) is 2. The molecule has 2 aromatic carbocycles. The zero-order valence-electron chi connectivity index (χ0n) is 13.9. The molecule has 0 unspecified atom stereocenters. The standard InChI is InChI=1S/C19H16N2O3S2/c1-12-6-8-14(9-7-12)20-17(22)11-24-15-5-3-2-4-13(15)10-16-18(23)21-19(25)26-16/h2-10H,11H2,1H3,(H,20,22)(H,21,23,25)/b16-10-. The maximum absolute atomic E-state index is 12.1. The van der Waals surface area contributed by atoms with Crippen LogP contribution in [0.3, 0.4) is 0 Å². The SMILES string of the molecule is Cc1ccc(NC(=O)COc2ccccc2/C=C2\SC(=S)NC2=O)cc1. The average molecular weight is 384 g/mol. The number of nitrogens with one attached hydrogen (secondary N) is 2. The lowest BCUT2D eigenvalue weighted by Crippen LogP contribution is -2.20. The van der Waals surface area contributed by atoms with Crippen molar-refractivity contribution in [3.05, 3.63) is 64.6 Å². The van der Waals surface area contributed by atoms with Gasteiger partial charge in [0.1, 0.15) is 10.1 Å². The Morgan fingerprint density at radius 1 is 1.23 bits per heavy atom. The molecule has 0 spiro atoms. The van der Waals surface area contributed by atoms with Crippen LogP contribution in [-0.2, 0) is 9.59 Å². The molecular weight excluding hydrogens is 368 g/mol. The van der Waals surface area contributed by atoms with E-state index in [2.05, 4.69) is 10.6 Å². The van der Waals surface area contributed by atoms with Crippen LogP contribution in [0.4, 0.5) is 5.69 Å². The molecule has 1 heterocycles. The number of ether oxygens (including phenoxy) is 1. The number of thioether (sulfide) groups is 1. The van der Waals surface area contributed by atoms with Crippen LogP contribution in [0.1, 0.15) is 11.1 Å². The molecule has 1 fully saturated rings. The molecule has 5 nitrogen and oxygen atoms in total. The fourth-order valence-corrected chi connectivity index (χ4v) is 3.31. The number of carbonyl (C=O) groups excluding carboxylic acids is 2. The van der Waals surface area contributed by atoms with Gasteiger partial charge < -0.3 is 15.4 Å². The van der Waals surface area contributed by atoms with Crippen LogP contribution in [0.2, 0.25) is 0 Å². The second kappa shape index (κ2) is 8.16. The minimum absolute atomic E-state index is 0.133. The van der Waals surface area contributed by atoms with E-state index < -0.39 is 0 Å². The first kappa shape index (κ1) is 18.2. The van der Waals surface area contributed by atoms with E-state index in [4.69, 9.17) is 17.0 Å². The van der Waals surface area contributed by atoms with Crippen LogP contribution in [0, 0.1) is 6.92 Å². The van der Waals surface area contributed by atoms with Gasteiger partial charge in [0, 0.05) is 11.3 Å². The summed E-state index contributed by atoms with van der Waals surface area (Å²) in [6.45, 7) is 1.85. The lowest BCUT2D eigenvalue weighted by atomic mass is 10.2. The molecule has 132 valence electrons. The number of carbonyl (C=O) groups is 2. The second-order valence-corrected chi connectivity index (χ2v) is 7.31. The van der Waals surface area contributed by atoms with E-state index in [-0.39, 0.29) is 18.4 Å². The summed E-state index contributed by atoms with van der Waals surface area (Å²) in [5, 5.41) is 5.35. The van der Waals surface area contributed by atoms with Crippen molar-refractivity contribution in [1.82, 2.24) is 5.32 Å². The zero-order chi connectivity index (χ0) is 18.5. The number of aryl methyl sites for hydroxylation is 1. The highest BCUT2D eigenvalue weighted by Crippen LogP contribution is 2.29. The van der Waals surface area contributed by atoms with E-state index in [1.807, 2.05) is 49.4 Å². The maximum atomic E-state index is 12.1. The number of rotatable bonds is 5. The molecular formula is C19H16N2O3S2. The first-order valence-corrected chi connectivity index (χ1v) is 9.07. The fraction of sp³-hybridized carbons (Fsp3) is 0.105. The zero-order valence-corrected chi connectivity index (χ0v) is 15.6. The number of anilines is 1. The molecule has 2 amide bonds. The summed E-state index contributed by atoms with van der Waals surface area (Å²) in [5.41, 5.74) is 2.54. The van der Waals surface area contributed by atoms with Gasteiger partial charge in [-0.1, -0.05) is 59.9 Å². The van der Waals surface area contributed by atoms with E-state index in [1.165, 1.54) is 11.8 Å². The van der Waals surface area contributed by atoms with E-state index in [1.54, 1.807) is 12.1 Å². The molecule has 2 N–H and O–H groups in total. The monoisotopic (exact) mass is 384 g/mol. The van der Waals surface area contributed by atoms with Gasteiger partial charge in [0.05, 0.1) is 4.91 Å². The Hall–Kier alpha value is -2.64. The summed E-state index contributed by atoms with van der Waals surface area (Å²) >= 11 is 6.19. The van der Waals surface area contributed by atoms with E-state index >= 15 is 0 Å². The van der Waals surface area contributed by atoms with Crippen LogP contribution in [-0.4, -0.2) is 22.7 Å². The molecule has 26 heavy (non-hydrogen) atoms. The fourth-order valence-electron chi connectivity index (χ4n) is 2.27. The van der Waals surface area contributed by atoms with Crippen molar-refractivity contribution in [2.24, 2.45) is 0 Å². The number of para-hydroxylation sites is 1. The third kappa shape index (κ3) is 4.71. The molecule has 0 atom stereocenters. The highest BCUT2D eigenvalue weighted by atomic mass is 32.2. The van der Waals surface area contributed by atoms with Crippen LogP contribution in [0.25, 0.3) is 6.08 Å². The van der Waals surface area contributed by atoms with Gasteiger partial charge in [-0.3, -0.25) is 9.59 Å². The molecule has 1 aliphatic heterocycles. The van der Waals surface area contributed by atoms with Gasteiger partial charge >= 0.3 is 0 Å². The van der Waals surface area contributed by atoms with Crippen molar-refractivity contribution in [3.8, 4) is 5.75 Å². The Kier molecular flexibility index (Phi) is 5.70. The number of hydrogen-bond acceptors (Lipinski definition) is 5. The predicted molar refractivity (Wildman–Crippen MR) is 108 cm³/mol. The van der Waals surface area contributed by atoms with Crippen molar-refractivity contribution in [2.45, 2.75) is 6.92 Å². The molecule has 0 radical (unpaired) electrons. The summed E-state index contributed by atoms with van der Waals surface area (Å²) in [4.78, 5) is 24.4. The van der Waals surface area contributed by atoms with Crippen molar-refractivity contribution in [2.75, 3.05) is 11.9 Å². The van der Waals surface area contributed by atoms with Crippen LogP contribution in [0.5, 0.6) is 5.75 Å². The molecule has 0 aliphatic carbocycles. The summed E-state index contributed by atoms with van der Waals surface area (Å²) < 4.78 is 6.06. The van der Waals surface area contributed by atoms with Crippen LogP contribution >= 0.6 is 24.0 Å². The van der Waals surface area contributed by atoms with Gasteiger partial charge in [-0.15, -0.1) is 0 Å². The van der Waals surface area contributed by atoms with Gasteiger partial charge in [-0.2, -0.15) is 0 Å². The summed E-state index contributed by atoms with van der Waals surface area (Å²) in [6, 6.07) is 14.7. The minimum Gasteiger partial charge on any atom is -0.483 e. The number of benzene rings is 2. The Bertz CT molecular complexity index is 892. The minimum atomic E-state index is -0.259. The third-order valence-electron chi connectivity index (χ3n) is 3.54. The summed E-state index contributed by atoms with van der Waals surface area (Å²) in [5.74, 6) is 0.0302. The van der Waals surface area contributed by atoms with Crippen LogP contribution < -0.4 is 15.4 Å². The van der Waals surface area contributed by atoms with Gasteiger partial charge in [0.2, 0.25) is 0 Å². The van der Waals surface area contributed by atoms with Crippen molar-refractivity contribution >= 4 is 51.9 Å². The maximum Gasteiger partial charge on any atom is 0.263 e. The largest absolute Gasteiger partial charge is 0.483 e. The topological polar surface area (TPSA) is 67.4 Å². The van der Waals surface area contributed by atoms with Crippen LogP contribution in [0.15, 0.2) is 53.4 Å². The van der Waals surface area contributed by atoms with Crippen molar-refractivity contribution in [3.63, 3.8) is 0 Å². The molecule has 2 aromatic rings. The molecule has 0 aromatic heterocycles. The van der Waals surface area contributed by atoms with E-state index in [0.717, 1.165) is 5.56 Å². The molecule has 1 aliphatic rings. The molecule has 7 heteroatoms. The highest BCUT2D eigenvalue weighted by molar-refractivity contribution is 8.26. The molecule has 0 saturated carbocycles. The van der Waals surface area contributed by atoms with E-state index in [0.29, 0.717) is 26.2 Å². The van der Waals surface area contributed by atoms with Gasteiger partial charge in [0.15, 0.2) is 6.61 Å². The second-order valence-electron chi connectivity index (χ2n) is 5.59. The molecule has 3 rings (SSSR count). The third-order valence-corrected chi connectivity index (χ3v) is 4.70. The first-order chi connectivity index (χ1) is 12.5. The molecule has 0 bridgehead atoms. The Morgan fingerprint density at radius 2 is 1.96 bits per heavy atom. The summed E-state index contributed by atoms with van der Waals surface area (Å²) in [7, 11) is 0. The van der Waals surface area contributed by atoms with E-state index in [9.17, 15) is 9.59 Å². The van der Waals surface area contributed by atoms with Crippen molar-refractivity contribution < 1.29 is 14.3 Å². The Balaban J connectivity index is 1.66. The average Bonchev–Trinajstić information content (AvgIpc) is 2.93. The smallest absolute Gasteiger partial charge is 0.263 e. The van der Waals surface area contributed by atoms with Gasteiger partial charge in [-0.25, -0.2) is 0 Å². The van der Waals surface area contributed by atoms with Gasteiger partial charge in [-0.05, 0) is 31.2 Å². The highest BCUT2D eigenvalue weighted by Gasteiger charge is 2.22. The lowest BCUT2D eigenvalue weighted by Gasteiger charge is -2.10. The predicted octanol–water partition coefficient (Wildman–Crippen LogP) is 3.50. The number of amides is 2. The quantitative estimate of drug-likeness (QED) is 0.610. The van der Waals surface area contributed by atoms with Crippen molar-refractivity contribution in [1.29, 1.82) is 0 Å². The Morgan fingerprint density at radius 3 is 2.65 bits per heavy atom. The first-order valence-electron chi connectivity index (χ1n) is 7.84. The van der Waals surface area contributed by atoms with Gasteiger partial charge in [0.25, 0.3) is 11.8 Å². The molecule has 1 saturated heterocycles. The summed E-state index contributed by atoms with van der Waals surface area (Å²) in [6.07, 6.45) is 1.70. The normalized spacial score (nSPS) is 15.0.